The summed E-state index contributed by atoms with van der Waals surface area (Å²) in [7, 11) is 0. The molecule has 2 aromatic heterocycles. The lowest BCUT2D eigenvalue weighted by Gasteiger charge is -2.18. The van der Waals surface area contributed by atoms with E-state index in [1.807, 2.05) is 91.0 Å². The van der Waals surface area contributed by atoms with E-state index in [1.54, 1.807) is 12.4 Å². The molecular weight excluding hydrogens is 537 g/mol. The molecular formula is C37H32FN3O2. The molecule has 1 N–H and O–H groups in total. The molecule has 5 nitrogen and oxygen atoms in total. The number of nitrogens with zero attached hydrogens (tertiary/aromatic N) is 2. The Labute approximate surface area is 250 Å². The quantitative estimate of drug-likeness (QED) is 0.174. The number of carbonyl (C=O) groups is 1. The first-order valence-corrected chi connectivity index (χ1v) is 14.4. The number of benzene rings is 4. The zero-order valence-corrected chi connectivity index (χ0v) is 23.7. The Morgan fingerprint density at radius 2 is 1.51 bits per heavy atom. The van der Waals surface area contributed by atoms with Crippen LogP contribution < -0.4 is 10.1 Å². The van der Waals surface area contributed by atoms with E-state index in [-0.39, 0.29) is 24.1 Å². The van der Waals surface area contributed by atoms with Gasteiger partial charge in [-0.25, -0.2) is 4.39 Å². The van der Waals surface area contributed by atoms with Gasteiger partial charge in [-0.1, -0.05) is 72.8 Å². The predicted octanol–water partition coefficient (Wildman–Crippen LogP) is 7.64. The van der Waals surface area contributed by atoms with Gasteiger partial charge in [-0.3, -0.25) is 9.78 Å². The number of aromatic nitrogens is 2. The maximum Gasteiger partial charge on any atom is 0.221 e. The standard InChI is InChI=1S/C37H32FN3O2/c38-31-14-10-28(11-15-31)24-41-25-35(33-8-4-5-9-36(33)41)34(22-37(42)40-23-27-18-20-39-21-19-27)30-12-16-32(17-13-30)43-26-29-6-2-1-3-7-29/h1-21,25,34H,22-24,26H2,(H,40,42)/t34-/m1/s1. The summed E-state index contributed by atoms with van der Waals surface area (Å²) in [6, 6.07) is 36.7. The fraction of sp³-hybridized carbons (Fsp3) is 0.135. The molecule has 4 aromatic carbocycles. The number of nitrogens with one attached hydrogen (secondary N) is 1. The van der Waals surface area contributed by atoms with E-state index in [0.29, 0.717) is 19.7 Å². The van der Waals surface area contributed by atoms with Crippen LogP contribution in [0.2, 0.25) is 0 Å². The second kappa shape index (κ2) is 13.2. The van der Waals surface area contributed by atoms with Crippen molar-refractivity contribution >= 4 is 16.8 Å². The second-order valence-electron chi connectivity index (χ2n) is 10.6. The molecule has 0 bridgehead atoms. The first-order valence-electron chi connectivity index (χ1n) is 14.4. The molecule has 214 valence electrons. The first kappa shape index (κ1) is 27.9. The van der Waals surface area contributed by atoms with E-state index in [4.69, 9.17) is 4.74 Å². The number of rotatable bonds is 11. The number of halogens is 1. The van der Waals surface area contributed by atoms with Crippen molar-refractivity contribution in [1.29, 1.82) is 0 Å². The summed E-state index contributed by atoms with van der Waals surface area (Å²) in [4.78, 5) is 17.4. The van der Waals surface area contributed by atoms with Gasteiger partial charge in [0.25, 0.3) is 0 Å². The van der Waals surface area contributed by atoms with Crippen molar-refractivity contribution in [3.63, 3.8) is 0 Å². The monoisotopic (exact) mass is 569 g/mol. The molecule has 1 amide bonds. The van der Waals surface area contributed by atoms with Crippen LogP contribution in [0.5, 0.6) is 5.75 Å². The predicted molar refractivity (Wildman–Crippen MR) is 167 cm³/mol. The van der Waals surface area contributed by atoms with E-state index in [1.165, 1.54) is 12.1 Å². The molecule has 0 fully saturated rings. The lowest BCUT2D eigenvalue weighted by molar-refractivity contribution is -0.121. The molecule has 0 saturated heterocycles. The van der Waals surface area contributed by atoms with Crippen molar-refractivity contribution in [1.82, 2.24) is 14.9 Å². The molecule has 2 heterocycles. The lowest BCUT2D eigenvalue weighted by Crippen LogP contribution is -2.25. The molecule has 0 radical (unpaired) electrons. The summed E-state index contributed by atoms with van der Waals surface area (Å²) < 4.78 is 21.8. The van der Waals surface area contributed by atoms with Crippen molar-refractivity contribution in [2.75, 3.05) is 0 Å². The van der Waals surface area contributed by atoms with E-state index in [9.17, 15) is 9.18 Å². The van der Waals surface area contributed by atoms with E-state index in [0.717, 1.165) is 44.5 Å². The average Bonchev–Trinajstić information content (AvgIpc) is 3.42. The SMILES string of the molecule is O=C(C[C@H](c1ccc(OCc2ccccc2)cc1)c1cn(Cc2ccc(F)cc2)c2ccccc12)NCc1ccncc1. The maximum absolute atomic E-state index is 13.6. The fourth-order valence-electron chi connectivity index (χ4n) is 5.37. The Morgan fingerprint density at radius 3 is 2.28 bits per heavy atom. The van der Waals surface area contributed by atoms with Crippen LogP contribution in [0.3, 0.4) is 0 Å². The van der Waals surface area contributed by atoms with Crippen LogP contribution in [0.4, 0.5) is 4.39 Å². The minimum absolute atomic E-state index is 0.0402. The van der Waals surface area contributed by atoms with Gasteiger partial charge in [0.15, 0.2) is 0 Å². The fourth-order valence-corrected chi connectivity index (χ4v) is 5.37. The third-order valence-electron chi connectivity index (χ3n) is 7.62. The largest absolute Gasteiger partial charge is 0.489 e. The second-order valence-corrected chi connectivity index (χ2v) is 10.6. The summed E-state index contributed by atoms with van der Waals surface area (Å²) in [6.07, 6.45) is 5.86. The Morgan fingerprint density at radius 1 is 0.791 bits per heavy atom. The Hall–Kier alpha value is -5.23. The van der Waals surface area contributed by atoms with Crippen molar-refractivity contribution < 1.29 is 13.9 Å². The lowest BCUT2D eigenvalue weighted by atomic mass is 9.88. The smallest absolute Gasteiger partial charge is 0.221 e. The normalized spacial score (nSPS) is 11.7. The van der Waals surface area contributed by atoms with Gasteiger partial charge in [-0.2, -0.15) is 0 Å². The van der Waals surface area contributed by atoms with Gasteiger partial charge < -0.3 is 14.6 Å². The van der Waals surface area contributed by atoms with Crippen LogP contribution in [-0.2, 0) is 24.5 Å². The average molecular weight is 570 g/mol. The number of hydrogen-bond donors (Lipinski definition) is 1. The Kier molecular flexibility index (Phi) is 8.55. The summed E-state index contributed by atoms with van der Waals surface area (Å²) in [5, 5.41) is 4.17. The van der Waals surface area contributed by atoms with Crippen LogP contribution in [0.1, 0.15) is 40.2 Å². The van der Waals surface area contributed by atoms with Gasteiger partial charge in [0.1, 0.15) is 18.2 Å². The highest BCUT2D eigenvalue weighted by Gasteiger charge is 2.23. The van der Waals surface area contributed by atoms with Gasteiger partial charge >= 0.3 is 0 Å². The third kappa shape index (κ3) is 6.99. The Bertz CT molecular complexity index is 1780. The number of fused-ring (bicyclic) bond motifs is 1. The number of carbonyl (C=O) groups excluding carboxylic acids is 1. The third-order valence-corrected chi connectivity index (χ3v) is 7.62. The van der Waals surface area contributed by atoms with Gasteiger partial charge in [-0.05, 0) is 70.3 Å². The number of hydrogen-bond acceptors (Lipinski definition) is 3. The van der Waals surface area contributed by atoms with Crippen LogP contribution in [0, 0.1) is 5.82 Å². The highest BCUT2D eigenvalue weighted by Crippen LogP contribution is 2.36. The minimum atomic E-state index is -0.254. The summed E-state index contributed by atoms with van der Waals surface area (Å²) >= 11 is 0. The number of ether oxygens (including phenoxy) is 1. The van der Waals surface area contributed by atoms with Crippen molar-refractivity contribution in [3.05, 3.63) is 167 Å². The molecule has 6 aromatic rings. The number of amides is 1. The number of para-hydroxylation sites is 1. The van der Waals surface area contributed by atoms with E-state index in [2.05, 4.69) is 33.2 Å². The summed E-state index contributed by atoms with van der Waals surface area (Å²) in [5.74, 6) is 0.282. The maximum atomic E-state index is 13.6. The molecule has 0 unspecified atom stereocenters. The molecule has 0 aliphatic carbocycles. The van der Waals surface area contributed by atoms with E-state index < -0.39 is 0 Å². The molecule has 43 heavy (non-hydrogen) atoms. The number of pyridine rings is 1. The van der Waals surface area contributed by atoms with Crippen molar-refractivity contribution in [2.24, 2.45) is 0 Å². The molecule has 0 aliphatic heterocycles. The van der Waals surface area contributed by atoms with Gasteiger partial charge in [0, 0.05) is 54.9 Å². The first-order chi connectivity index (χ1) is 21.1. The van der Waals surface area contributed by atoms with Crippen LogP contribution in [0.25, 0.3) is 10.9 Å². The summed E-state index contributed by atoms with van der Waals surface area (Å²) in [6.45, 7) is 1.51. The molecule has 0 aliphatic rings. The Balaban J connectivity index is 1.30. The molecule has 6 rings (SSSR count). The highest BCUT2D eigenvalue weighted by molar-refractivity contribution is 5.87. The zero-order chi connectivity index (χ0) is 29.4. The van der Waals surface area contributed by atoms with Gasteiger partial charge in [0.2, 0.25) is 5.91 Å². The molecule has 6 heteroatoms. The van der Waals surface area contributed by atoms with Crippen molar-refractivity contribution in [2.45, 2.75) is 32.0 Å². The van der Waals surface area contributed by atoms with Gasteiger partial charge in [0.05, 0.1) is 0 Å². The van der Waals surface area contributed by atoms with Gasteiger partial charge in [-0.15, -0.1) is 0 Å². The van der Waals surface area contributed by atoms with Crippen LogP contribution in [-0.4, -0.2) is 15.5 Å². The zero-order valence-electron chi connectivity index (χ0n) is 23.7. The minimum Gasteiger partial charge on any atom is -0.489 e. The van der Waals surface area contributed by atoms with Crippen LogP contribution >= 0.6 is 0 Å². The van der Waals surface area contributed by atoms with Crippen LogP contribution in [0.15, 0.2) is 134 Å². The van der Waals surface area contributed by atoms with Crippen molar-refractivity contribution in [3.8, 4) is 5.75 Å². The van der Waals surface area contributed by atoms with E-state index >= 15 is 0 Å². The highest BCUT2D eigenvalue weighted by atomic mass is 19.1. The topological polar surface area (TPSA) is 56.1 Å². The summed E-state index contributed by atoms with van der Waals surface area (Å²) in [5.41, 5.74) is 6.25. The molecule has 0 saturated carbocycles. The molecule has 0 spiro atoms. The molecule has 1 atom stereocenters.